The third-order valence-electron chi connectivity index (χ3n) is 4.55. The predicted molar refractivity (Wildman–Crippen MR) is 90.5 cm³/mol. The second kappa shape index (κ2) is 7.82. The monoisotopic (exact) mass is 329 g/mol. The lowest BCUT2D eigenvalue weighted by molar-refractivity contribution is -0.0883. The fraction of sp³-hybridized carbons (Fsp3) is 0.647. The van der Waals surface area contributed by atoms with Gasteiger partial charge in [0.05, 0.1) is 5.60 Å². The van der Waals surface area contributed by atoms with Gasteiger partial charge in [0.1, 0.15) is 0 Å². The van der Waals surface area contributed by atoms with Crippen LogP contribution in [0.4, 0.5) is 0 Å². The number of hydrogen-bond acceptors (Lipinski definition) is 2. The van der Waals surface area contributed by atoms with Gasteiger partial charge in [-0.1, -0.05) is 42.5 Å². The SMILES string of the molecule is CCOC1(C(Cc2cc(Cl)ccc2Cl)NC)CCCCC1. The van der Waals surface area contributed by atoms with Gasteiger partial charge in [0.2, 0.25) is 0 Å². The van der Waals surface area contributed by atoms with Crippen LogP contribution in [0.25, 0.3) is 0 Å². The lowest BCUT2D eigenvalue weighted by Crippen LogP contribution is -2.53. The molecule has 1 N–H and O–H groups in total. The number of hydrogen-bond donors (Lipinski definition) is 1. The van der Waals surface area contributed by atoms with Crippen LogP contribution in [0.1, 0.15) is 44.6 Å². The Morgan fingerprint density at radius 3 is 2.57 bits per heavy atom. The summed E-state index contributed by atoms with van der Waals surface area (Å²) in [5.41, 5.74) is 1.01. The highest BCUT2D eigenvalue weighted by Crippen LogP contribution is 2.36. The maximum Gasteiger partial charge on any atom is 0.0837 e. The summed E-state index contributed by atoms with van der Waals surface area (Å²) < 4.78 is 6.23. The van der Waals surface area contributed by atoms with E-state index in [4.69, 9.17) is 27.9 Å². The topological polar surface area (TPSA) is 21.3 Å². The maximum absolute atomic E-state index is 6.33. The van der Waals surface area contributed by atoms with E-state index >= 15 is 0 Å². The first-order chi connectivity index (χ1) is 10.1. The van der Waals surface area contributed by atoms with Crippen LogP contribution in [-0.4, -0.2) is 25.3 Å². The van der Waals surface area contributed by atoms with Gasteiger partial charge in [-0.25, -0.2) is 0 Å². The molecule has 0 radical (unpaired) electrons. The van der Waals surface area contributed by atoms with E-state index in [1.54, 1.807) is 0 Å². The van der Waals surface area contributed by atoms with Crippen LogP contribution in [-0.2, 0) is 11.2 Å². The number of likely N-dealkylation sites (N-methyl/N-ethyl adjacent to an activating group) is 1. The van der Waals surface area contributed by atoms with Crippen molar-refractivity contribution in [3.05, 3.63) is 33.8 Å². The molecule has 0 spiro atoms. The van der Waals surface area contributed by atoms with Crippen molar-refractivity contribution < 1.29 is 4.74 Å². The Hall–Kier alpha value is -0.280. The highest BCUT2D eigenvalue weighted by Gasteiger charge is 2.40. The van der Waals surface area contributed by atoms with Crippen molar-refractivity contribution in [2.24, 2.45) is 0 Å². The molecule has 1 fully saturated rings. The molecule has 0 bridgehead atoms. The third kappa shape index (κ3) is 4.13. The molecule has 1 unspecified atom stereocenters. The van der Waals surface area contributed by atoms with Crippen molar-refractivity contribution in [1.82, 2.24) is 5.32 Å². The van der Waals surface area contributed by atoms with Crippen molar-refractivity contribution in [2.75, 3.05) is 13.7 Å². The van der Waals surface area contributed by atoms with Gasteiger partial charge >= 0.3 is 0 Å². The van der Waals surface area contributed by atoms with E-state index in [2.05, 4.69) is 12.2 Å². The van der Waals surface area contributed by atoms with Crippen LogP contribution in [0, 0.1) is 0 Å². The fourth-order valence-corrected chi connectivity index (χ4v) is 3.89. The Morgan fingerprint density at radius 2 is 1.95 bits per heavy atom. The molecule has 4 heteroatoms. The molecule has 0 amide bonds. The van der Waals surface area contributed by atoms with Gasteiger partial charge in [0.25, 0.3) is 0 Å². The highest BCUT2D eigenvalue weighted by molar-refractivity contribution is 6.33. The minimum Gasteiger partial charge on any atom is -0.374 e. The molecule has 1 atom stereocenters. The fourth-order valence-electron chi connectivity index (χ4n) is 3.50. The van der Waals surface area contributed by atoms with Gasteiger partial charge in [0.15, 0.2) is 0 Å². The third-order valence-corrected chi connectivity index (χ3v) is 5.15. The van der Waals surface area contributed by atoms with E-state index < -0.39 is 0 Å². The van der Waals surface area contributed by atoms with E-state index in [9.17, 15) is 0 Å². The first-order valence-electron chi connectivity index (χ1n) is 7.86. The number of benzene rings is 1. The zero-order valence-corrected chi connectivity index (χ0v) is 14.4. The Morgan fingerprint density at radius 1 is 1.24 bits per heavy atom. The maximum atomic E-state index is 6.33. The lowest BCUT2D eigenvalue weighted by Gasteiger charge is -2.43. The van der Waals surface area contributed by atoms with Crippen molar-refractivity contribution in [2.45, 2.75) is 57.1 Å². The quantitative estimate of drug-likeness (QED) is 0.804. The molecule has 1 aliphatic carbocycles. The van der Waals surface area contributed by atoms with E-state index in [0.717, 1.165) is 41.5 Å². The average Bonchev–Trinajstić information content (AvgIpc) is 2.49. The largest absolute Gasteiger partial charge is 0.374 e. The molecule has 2 nitrogen and oxygen atoms in total. The average molecular weight is 330 g/mol. The minimum atomic E-state index is -0.0760. The lowest BCUT2D eigenvalue weighted by atomic mass is 9.77. The molecule has 21 heavy (non-hydrogen) atoms. The van der Waals surface area contributed by atoms with Crippen LogP contribution in [0.2, 0.25) is 10.0 Å². The molecule has 0 saturated heterocycles. The van der Waals surface area contributed by atoms with Gasteiger partial charge in [-0.15, -0.1) is 0 Å². The summed E-state index contributed by atoms with van der Waals surface area (Å²) in [4.78, 5) is 0. The Balaban J connectivity index is 2.22. The molecule has 0 heterocycles. The standard InChI is InChI=1S/C17H25Cl2NO/c1-3-21-17(9-5-4-6-10-17)16(20-2)12-13-11-14(18)7-8-15(13)19/h7-8,11,16,20H,3-6,9-10,12H2,1-2H3. The number of rotatable bonds is 6. The molecule has 1 aliphatic rings. The predicted octanol–water partition coefficient (Wildman–Crippen LogP) is 4.86. The number of halogens is 2. The molecule has 118 valence electrons. The molecular weight excluding hydrogens is 305 g/mol. The van der Waals surface area contributed by atoms with E-state index in [-0.39, 0.29) is 11.6 Å². The van der Waals surface area contributed by atoms with Crippen molar-refractivity contribution >= 4 is 23.2 Å². The zero-order valence-electron chi connectivity index (χ0n) is 12.9. The summed E-state index contributed by atoms with van der Waals surface area (Å²) >= 11 is 12.4. The summed E-state index contributed by atoms with van der Waals surface area (Å²) in [6.45, 7) is 2.83. The number of nitrogens with one attached hydrogen (secondary N) is 1. The zero-order chi connectivity index (χ0) is 15.3. The van der Waals surface area contributed by atoms with Gasteiger partial charge < -0.3 is 10.1 Å². The molecule has 0 aromatic heterocycles. The molecule has 1 aromatic carbocycles. The smallest absolute Gasteiger partial charge is 0.0837 e. The van der Waals surface area contributed by atoms with E-state index in [1.807, 2.05) is 25.2 Å². The van der Waals surface area contributed by atoms with Crippen molar-refractivity contribution in [3.8, 4) is 0 Å². The normalized spacial score (nSPS) is 19.4. The number of ether oxygens (including phenoxy) is 1. The van der Waals surface area contributed by atoms with Gasteiger partial charge in [-0.2, -0.15) is 0 Å². The molecule has 1 saturated carbocycles. The summed E-state index contributed by atoms with van der Waals surface area (Å²) in [6.07, 6.45) is 6.86. The van der Waals surface area contributed by atoms with Crippen LogP contribution in [0.3, 0.4) is 0 Å². The molecule has 2 rings (SSSR count). The summed E-state index contributed by atoms with van der Waals surface area (Å²) in [5.74, 6) is 0. The molecule has 1 aromatic rings. The van der Waals surface area contributed by atoms with Gasteiger partial charge in [0, 0.05) is 22.7 Å². The first-order valence-corrected chi connectivity index (χ1v) is 8.62. The first kappa shape index (κ1) is 17.1. The Bertz CT molecular complexity index is 453. The summed E-state index contributed by atoms with van der Waals surface area (Å²) in [5, 5.41) is 4.98. The van der Waals surface area contributed by atoms with Crippen LogP contribution < -0.4 is 5.32 Å². The van der Waals surface area contributed by atoms with Gasteiger partial charge in [-0.3, -0.25) is 0 Å². The van der Waals surface area contributed by atoms with Crippen molar-refractivity contribution in [1.29, 1.82) is 0 Å². The molecule has 0 aliphatic heterocycles. The van der Waals surface area contributed by atoms with Gasteiger partial charge in [-0.05, 0) is 57.0 Å². The van der Waals surface area contributed by atoms with Crippen molar-refractivity contribution in [3.63, 3.8) is 0 Å². The van der Waals surface area contributed by atoms with Crippen LogP contribution >= 0.6 is 23.2 Å². The summed E-state index contributed by atoms with van der Waals surface area (Å²) in [7, 11) is 2.01. The minimum absolute atomic E-state index is 0.0760. The Kier molecular flexibility index (Phi) is 6.36. The summed E-state index contributed by atoms with van der Waals surface area (Å²) in [6, 6.07) is 5.94. The van der Waals surface area contributed by atoms with E-state index in [1.165, 1.54) is 19.3 Å². The second-order valence-corrected chi connectivity index (χ2v) is 6.68. The van der Waals surface area contributed by atoms with E-state index in [0.29, 0.717) is 0 Å². The second-order valence-electron chi connectivity index (χ2n) is 5.84. The highest BCUT2D eigenvalue weighted by atomic mass is 35.5. The van der Waals surface area contributed by atoms with Crippen LogP contribution in [0.5, 0.6) is 0 Å². The van der Waals surface area contributed by atoms with Crippen LogP contribution in [0.15, 0.2) is 18.2 Å². The molecular formula is C17H25Cl2NO. The Labute approximate surface area is 138 Å².